The first-order chi connectivity index (χ1) is 10.2. The third kappa shape index (κ3) is 1.97. The highest BCUT2D eigenvalue weighted by molar-refractivity contribution is 5.85. The number of anilines is 1. The zero-order valence-corrected chi connectivity index (χ0v) is 12.4. The van der Waals surface area contributed by atoms with Crippen LogP contribution in [0.15, 0.2) is 24.3 Å². The molecule has 1 aliphatic carbocycles. The number of pyridine rings is 1. The third-order valence-corrected chi connectivity index (χ3v) is 5.06. The molecule has 0 bridgehead atoms. The SMILES string of the molecule is COc1ccc2c(C)cc(N3C[C@H]4C[C@H](O)[C@H]4C3)nc2c1. The number of benzene rings is 1. The van der Waals surface area contributed by atoms with Crippen molar-refractivity contribution in [3.05, 3.63) is 29.8 Å². The maximum absolute atomic E-state index is 9.81. The highest BCUT2D eigenvalue weighted by Gasteiger charge is 2.46. The molecule has 1 N–H and O–H groups in total. The quantitative estimate of drug-likeness (QED) is 0.919. The number of aromatic nitrogens is 1. The summed E-state index contributed by atoms with van der Waals surface area (Å²) in [7, 11) is 1.68. The molecule has 1 aromatic heterocycles. The number of aliphatic hydroxyl groups is 1. The molecule has 1 aliphatic heterocycles. The molecule has 4 nitrogen and oxygen atoms in total. The van der Waals surface area contributed by atoms with Gasteiger partial charge in [-0.05, 0) is 43.0 Å². The van der Waals surface area contributed by atoms with E-state index in [0.29, 0.717) is 11.8 Å². The van der Waals surface area contributed by atoms with Crippen LogP contribution in [0.1, 0.15) is 12.0 Å². The molecule has 1 saturated carbocycles. The van der Waals surface area contributed by atoms with Crippen molar-refractivity contribution in [2.45, 2.75) is 19.4 Å². The third-order valence-electron chi connectivity index (χ3n) is 5.06. The molecule has 0 radical (unpaired) electrons. The Morgan fingerprint density at radius 3 is 2.86 bits per heavy atom. The molecular formula is C17H20N2O2. The van der Waals surface area contributed by atoms with Gasteiger partial charge >= 0.3 is 0 Å². The normalized spacial score (nSPS) is 27.6. The molecule has 3 atom stereocenters. The molecule has 4 heteroatoms. The van der Waals surface area contributed by atoms with Crippen molar-refractivity contribution in [2.75, 3.05) is 25.1 Å². The van der Waals surface area contributed by atoms with Gasteiger partial charge in [0.1, 0.15) is 11.6 Å². The molecule has 0 unspecified atom stereocenters. The summed E-state index contributed by atoms with van der Waals surface area (Å²) < 4.78 is 5.30. The van der Waals surface area contributed by atoms with E-state index in [9.17, 15) is 5.11 Å². The predicted molar refractivity (Wildman–Crippen MR) is 82.8 cm³/mol. The molecular weight excluding hydrogens is 264 g/mol. The van der Waals surface area contributed by atoms with Crippen LogP contribution in [0.5, 0.6) is 5.75 Å². The molecule has 1 aromatic carbocycles. The molecule has 4 rings (SSSR count). The van der Waals surface area contributed by atoms with E-state index in [0.717, 1.165) is 36.6 Å². The van der Waals surface area contributed by atoms with Crippen LogP contribution in [0.25, 0.3) is 10.9 Å². The lowest BCUT2D eigenvalue weighted by atomic mass is 9.74. The number of methoxy groups -OCH3 is 1. The standard InChI is InChI=1S/C17H20N2O2/c1-10-5-17(19-8-11-6-16(20)14(11)9-19)18-15-7-12(21-2)3-4-13(10)15/h3-5,7,11,14,16,20H,6,8-9H2,1-2H3/t11-,14+,16+/m1/s1. The van der Waals surface area contributed by atoms with E-state index in [1.807, 2.05) is 12.1 Å². The van der Waals surface area contributed by atoms with Gasteiger partial charge in [-0.15, -0.1) is 0 Å². The summed E-state index contributed by atoms with van der Waals surface area (Å²) in [5.74, 6) is 2.94. The van der Waals surface area contributed by atoms with E-state index >= 15 is 0 Å². The minimum atomic E-state index is -0.110. The van der Waals surface area contributed by atoms with Gasteiger partial charge in [-0.25, -0.2) is 4.98 Å². The van der Waals surface area contributed by atoms with Crippen LogP contribution in [0.4, 0.5) is 5.82 Å². The smallest absolute Gasteiger partial charge is 0.129 e. The van der Waals surface area contributed by atoms with Gasteiger partial charge < -0.3 is 14.7 Å². The van der Waals surface area contributed by atoms with Gasteiger partial charge in [0.05, 0.1) is 18.7 Å². The summed E-state index contributed by atoms with van der Waals surface area (Å²) in [4.78, 5) is 7.13. The van der Waals surface area contributed by atoms with Gasteiger partial charge in [-0.3, -0.25) is 0 Å². The Balaban J connectivity index is 1.72. The van der Waals surface area contributed by atoms with Gasteiger partial charge in [0.25, 0.3) is 0 Å². The van der Waals surface area contributed by atoms with Crippen molar-refractivity contribution in [2.24, 2.45) is 11.8 Å². The molecule has 2 aromatic rings. The molecule has 1 saturated heterocycles. The van der Waals surface area contributed by atoms with Gasteiger partial charge in [0, 0.05) is 30.5 Å². The van der Waals surface area contributed by atoms with E-state index in [1.54, 1.807) is 7.11 Å². The van der Waals surface area contributed by atoms with Crippen LogP contribution < -0.4 is 9.64 Å². The summed E-state index contributed by atoms with van der Waals surface area (Å²) in [5.41, 5.74) is 2.21. The summed E-state index contributed by atoms with van der Waals surface area (Å²) in [6, 6.07) is 8.19. The second kappa shape index (κ2) is 4.60. The molecule has 21 heavy (non-hydrogen) atoms. The highest BCUT2D eigenvalue weighted by atomic mass is 16.5. The van der Waals surface area contributed by atoms with Gasteiger partial charge in [0.2, 0.25) is 0 Å². The molecule has 0 spiro atoms. The van der Waals surface area contributed by atoms with Gasteiger partial charge in [0.15, 0.2) is 0 Å². The fourth-order valence-electron chi connectivity index (χ4n) is 3.71. The largest absolute Gasteiger partial charge is 0.497 e. The zero-order chi connectivity index (χ0) is 14.6. The van der Waals surface area contributed by atoms with Crippen LogP contribution in [0.2, 0.25) is 0 Å². The lowest BCUT2D eigenvalue weighted by Crippen LogP contribution is -2.39. The van der Waals surface area contributed by atoms with Crippen LogP contribution in [0.3, 0.4) is 0 Å². The average Bonchev–Trinajstić information content (AvgIpc) is 2.83. The Hall–Kier alpha value is -1.81. The molecule has 2 heterocycles. The van der Waals surface area contributed by atoms with Crippen molar-refractivity contribution >= 4 is 16.7 Å². The minimum absolute atomic E-state index is 0.110. The minimum Gasteiger partial charge on any atom is -0.497 e. The van der Waals surface area contributed by atoms with Gasteiger partial charge in [-0.2, -0.15) is 0 Å². The number of aryl methyl sites for hydroxylation is 1. The Kier molecular flexibility index (Phi) is 2.82. The Bertz CT molecular complexity index is 700. The molecule has 2 fully saturated rings. The van der Waals surface area contributed by atoms with E-state index in [2.05, 4.69) is 24.0 Å². The number of rotatable bonds is 2. The first-order valence-electron chi connectivity index (χ1n) is 7.54. The second-order valence-corrected chi connectivity index (χ2v) is 6.31. The van der Waals surface area contributed by atoms with Crippen molar-refractivity contribution in [1.82, 2.24) is 4.98 Å². The first kappa shape index (κ1) is 12.9. The Morgan fingerprint density at radius 1 is 1.29 bits per heavy atom. The summed E-state index contributed by atoms with van der Waals surface area (Å²) in [6.07, 6.45) is 0.836. The first-order valence-corrected chi connectivity index (χ1v) is 7.54. The van der Waals surface area contributed by atoms with Crippen LogP contribution in [-0.4, -0.2) is 36.4 Å². The van der Waals surface area contributed by atoms with E-state index in [4.69, 9.17) is 9.72 Å². The lowest BCUT2D eigenvalue weighted by molar-refractivity contribution is -0.00398. The van der Waals surface area contributed by atoms with Crippen molar-refractivity contribution < 1.29 is 9.84 Å². The maximum atomic E-state index is 9.81. The summed E-state index contributed by atoms with van der Waals surface area (Å²) in [5, 5.41) is 11.0. The summed E-state index contributed by atoms with van der Waals surface area (Å²) in [6.45, 7) is 4.07. The van der Waals surface area contributed by atoms with Crippen LogP contribution in [-0.2, 0) is 0 Å². The Labute approximate surface area is 124 Å². The zero-order valence-electron chi connectivity index (χ0n) is 12.4. The number of aliphatic hydroxyl groups excluding tert-OH is 1. The van der Waals surface area contributed by atoms with E-state index < -0.39 is 0 Å². The maximum Gasteiger partial charge on any atom is 0.129 e. The van der Waals surface area contributed by atoms with Crippen molar-refractivity contribution in [3.63, 3.8) is 0 Å². The number of nitrogens with zero attached hydrogens (tertiary/aromatic N) is 2. The van der Waals surface area contributed by atoms with Crippen LogP contribution in [0, 0.1) is 18.8 Å². The topological polar surface area (TPSA) is 45.6 Å². The Morgan fingerprint density at radius 2 is 2.14 bits per heavy atom. The van der Waals surface area contributed by atoms with E-state index in [1.165, 1.54) is 10.9 Å². The van der Waals surface area contributed by atoms with Crippen molar-refractivity contribution in [1.29, 1.82) is 0 Å². The van der Waals surface area contributed by atoms with E-state index in [-0.39, 0.29) is 6.10 Å². The average molecular weight is 284 g/mol. The predicted octanol–water partition coefficient (Wildman–Crippen LogP) is 2.37. The number of fused-ring (bicyclic) bond motifs is 2. The molecule has 2 aliphatic rings. The fourth-order valence-corrected chi connectivity index (χ4v) is 3.71. The number of hydrogen-bond acceptors (Lipinski definition) is 4. The van der Waals surface area contributed by atoms with Gasteiger partial charge in [-0.1, -0.05) is 0 Å². The fraction of sp³-hybridized carbons (Fsp3) is 0.471. The van der Waals surface area contributed by atoms with Crippen LogP contribution >= 0.6 is 0 Å². The van der Waals surface area contributed by atoms with Crippen molar-refractivity contribution in [3.8, 4) is 5.75 Å². The molecule has 0 amide bonds. The number of ether oxygens (including phenoxy) is 1. The highest BCUT2D eigenvalue weighted by Crippen LogP contribution is 2.42. The lowest BCUT2D eigenvalue weighted by Gasteiger charge is -2.34. The second-order valence-electron chi connectivity index (χ2n) is 6.31. The molecule has 110 valence electrons. The summed E-state index contributed by atoms with van der Waals surface area (Å²) >= 11 is 0. The monoisotopic (exact) mass is 284 g/mol. The number of hydrogen-bond donors (Lipinski definition) is 1.